The number of carbonyl (C=O) groups excluding carboxylic acids is 1. The predicted molar refractivity (Wildman–Crippen MR) is 95.0 cm³/mol. The third kappa shape index (κ3) is 4.85. The summed E-state index contributed by atoms with van der Waals surface area (Å²) in [4.78, 5) is 15.0. The van der Waals surface area contributed by atoms with Crippen LogP contribution < -0.4 is 0 Å². The molecule has 0 saturated heterocycles. The van der Waals surface area contributed by atoms with Crippen LogP contribution in [0.3, 0.4) is 0 Å². The second-order valence-corrected chi connectivity index (χ2v) is 7.29. The molecule has 2 atom stereocenters. The molecule has 0 amide bonds. The number of benzene rings is 2. The lowest BCUT2D eigenvalue weighted by atomic mass is 10.1. The average Bonchev–Trinajstić information content (AvgIpc) is 2.54. The summed E-state index contributed by atoms with van der Waals surface area (Å²) in [5, 5.41) is 0. The van der Waals surface area contributed by atoms with Crippen molar-refractivity contribution in [3.8, 4) is 0 Å². The summed E-state index contributed by atoms with van der Waals surface area (Å²) in [6.07, 6.45) is 0.331. The van der Waals surface area contributed by atoms with Gasteiger partial charge in [-0.1, -0.05) is 48.5 Å². The molecule has 2 aromatic carbocycles. The minimum Gasteiger partial charge on any atom is -0.303 e. The van der Waals surface area contributed by atoms with E-state index in [4.69, 9.17) is 0 Å². The highest BCUT2D eigenvalue weighted by molar-refractivity contribution is 7.85. The number of ketones is 1. The Balaban J connectivity index is 2.10. The molecule has 0 fully saturated rings. The van der Waals surface area contributed by atoms with Gasteiger partial charge >= 0.3 is 0 Å². The zero-order valence-corrected chi connectivity index (χ0v) is 14.7. The number of hydrogen-bond acceptors (Lipinski definition) is 3. The van der Waals surface area contributed by atoms with Crippen molar-refractivity contribution in [1.82, 2.24) is 4.90 Å². The Morgan fingerprint density at radius 1 is 1.04 bits per heavy atom. The van der Waals surface area contributed by atoms with Gasteiger partial charge in [-0.05, 0) is 38.2 Å². The lowest BCUT2D eigenvalue weighted by Crippen LogP contribution is -2.20. The molecule has 0 aliphatic carbocycles. The number of nitrogens with zero attached hydrogens (tertiary/aromatic N) is 1. The smallest absolute Gasteiger partial charge is 0.150 e. The van der Waals surface area contributed by atoms with Gasteiger partial charge < -0.3 is 4.90 Å². The lowest BCUT2D eigenvalue weighted by Gasteiger charge is -2.22. The molecule has 0 aliphatic heterocycles. The van der Waals surface area contributed by atoms with E-state index in [1.54, 1.807) is 0 Å². The molecule has 0 aromatic heterocycles. The molecule has 23 heavy (non-hydrogen) atoms. The van der Waals surface area contributed by atoms with Gasteiger partial charge in [0.05, 0.1) is 16.6 Å². The summed E-state index contributed by atoms with van der Waals surface area (Å²) in [6.45, 7) is 2.07. The number of hydrogen-bond donors (Lipinski definition) is 0. The van der Waals surface area contributed by atoms with Crippen molar-refractivity contribution in [3.63, 3.8) is 0 Å². The van der Waals surface area contributed by atoms with Crippen LogP contribution in [0.15, 0.2) is 59.5 Å². The monoisotopic (exact) mass is 329 g/mol. The highest BCUT2D eigenvalue weighted by Crippen LogP contribution is 2.24. The lowest BCUT2D eigenvalue weighted by molar-refractivity contribution is -0.116. The standard InChI is InChI=1S/C19H23NO2S/c1-15(20(2)3)18-11-7-8-12-19(18)23(22)14-17(21)13-16-9-5-4-6-10-16/h4-12,15H,13-14H2,1-3H3/t15-,23?/m1/s1. The molecule has 1 unspecified atom stereocenters. The Bertz CT molecular complexity index is 683. The predicted octanol–water partition coefficient (Wildman–Crippen LogP) is 3.23. The van der Waals surface area contributed by atoms with E-state index < -0.39 is 10.8 Å². The van der Waals surface area contributed by atoms with Crippen LogP contribution in [-0.4, -0.2) is 34.7 Å². The minimum atomic E-state index is -1.31. The minimum absolute atomic E-state index is 0.00171. The maximum Gasteiger partial charge on any atom is 0.150 e. The Hall–Kier alpha value is -1.78. The van der Waals surface area contributed by atoms with E-state index >= 15 is 0 Å². The quantitative estimate of drug-likeness (QED) is 0.783. The summed E-state index contributed by atoms with van der Waals surface area (Å²) in [6, 6.07) is 17.4. The largest absolute Gasteiger partial charge is 0.303 e. The van der Waals surface area contributed by atoms with Gasteiger partial charge in [-0.15, -0.1) is 0 Å². The molecule has 0 radical (unpaired) electrons. The number of Topliss-reactive ketones (excluding diaryl/α,β-unsaturated/α-hetero) is 1. The van der Waals surface area contributed by atoms with Gasteiger partial charge in [0, 0.05) is 17.4 Å². The van der Waals surface area contributed by atoms with Crippen LogP contribution in [0.1, 0.15) is 24.1 Å². The Morgan fingerprint density at radius 3 is 2.30 bits per heavy atom. The van der Waals surface area contributed by atoms with E-state index in [2.05, 4.69) is 11.8 Å². The molecule has 0 spiro atoms. The van der Waals surface area contributed by atoms with E-state index in [1.165, 1.54) is 0 Å². The van der Waals surface area contributed by atoms with E-state index in [0.717, 1.165) is 16.0 Å². The van der Waals surface area contributed by atoms with Crippen LogP contribution in [0.5, 0.6) is 0 Å². The molecule has 2 rings (SSSR count). The normalized spacial score (nSPS) is 13.7. The van der Waals surface area contributed by atoms with E-state index in [1.807, 2.05) is 68.7 Å². The highest BCUT2D eigenvalue weighted by atomic mass is 32.2. The van der Waals surface area contributed by atoms with Gasteiger partial charge in [-0.25, -0.2) is 0 Å². The number of carbonyl (C=O) groups is 1. The molecule has 3 nitrogen and oxygen atoms in total. The summed E-state index contributed by atoms with van der Waals surface area (Å²) in [5.74, 6) is 0.0633. The van der Waals surface area contributed by atoms with Gasteiger partial charge in [0.25, 0.3) is 0 Å². The molecule has 122 valence electrons. The molecular weight excluding hydrogens is 306 g/mol. The van der Waals surface area contributed by atoms with Crippen molar-refractivity contribution >= 4 is 16.6 Å². The summed E-state index contributed by atoms with van der Waals surface area (Å²) < 4.78 is 12.7. The highest BCUT2D eigenvalue weighted by Gasteiger charge is 2.18. The molecule has 4 heteroatoms. The van der Waals surface area contributed by atoms with Crippen LogP contribution in [0.25, 0.3) is 0 Å². The van der Waals surface area contributed by atoms with Gasteiger partial charge in [-0.3, -0.25) is 9.00 Å². The maximum absolute atomic E-state index is 12.7. The van der Waals surface area contributed by atoms with E-state index in [-0.39, 0.29) is 17.6 Å². The maximum atomic E-state index is 12.7. The molecule has 0 heterocycles. The molecule has 0 N–H and O–H groups in total. The Morgan fingerprint density at radius 2 is 1.65 bits per heavy atom. The fourth-order valence-electron chi connectivity index (χ4n) is 2.41. The van der Waals surface area contributed by atoms with Gasteiger partial charge in [0.1, 0.15) is 5.78 Å². The third-order valence-corrected chi connectivity index (χ3v) is 5.37. The first-order valence-electron chi connectivity index (χ1n) is 7.68. The summed E-state index contributed by atoms with van der Waals surface area (Å²) in [5.41, 5.74) is 1.98. The van der Waals surface area contributed by atoms with Crippen LogP contribution in [0.4, 0.5) is 0 Å². The van der Waals surface area contributed by atoms with Crippen LogP contribution in [0, 0.1) is 0 Å². The number of rotatable bonds is 7. The van der Waals surface area contributed by atoms with Crippen molar-refractivity contribution in [2.45, 2.75) is 24.3 Å². The van der Waals surface area contributed by atoms with Crippen molar-refractivity contribution in [2.24, 2.45) is 0 Å². The van der Waals surface area contributed by atoms with Gasteiger partial charge in [0.15, 0.2) is 0 Å². The van der Waals surface area contributed by atoms with Crippen molar-refractivity contribution in [1.29, 1.82) is 0 Å². The van der Waals surface area contributed by atoms with Crippen LogP contribution in [-0.2, 0) is 22.0 Å². The van der Waals surface area contributed by atoms with Crippen molar-refractivity contribution in [3.05, 3.63) is 65.7 Å². The van der Waals surface area contributed by atoms with Crippen LogP contribution in [0.2, 0.25) is 0 Å². The van der Waals surface area contributed by atoms with Crippen molar-refractivity contribution in [2.75, 3.05) is 19.8 Å². The first kappa shape index (κ1) is 17.6. The fraction of sp³-hybridized carbons (Fsp3) is 0.316. The average molecular weight is 329 g/mol. The van der Waals surface area contributed by atoms with Gasteiger partial charge in [-0.2, -0.15) is 0 Å². The fourth-order valence-corrected chi connectivity index (χ4v) is 3.69. The molecule has 0 aliphatic rings. The second-order valence-electron chi connectivity index (χ2n) is 5.87. The van der Waals surface area contributed by atoms with Crippen LogP contribution >= 0.6 is 0 Å². The second kappa shape index (κ2) is 8.18. The Kier molecular flexibility index (Phi) is 6.25. The molecule has 0 bridgehead atoms. The zero-order chi connectivity index (χ0) is 16.8. The molecule has 0 saturated carbocycles. The first-order chi connectivity index (χ1) is 11.0. The molecular formula is C19H23NO2S. The van der Waals surface area contributed by atoms with E-state index in [0.29, 0.717) is 6.42 Å². The zero-order valence-electron chi connectivity index (χ0n) is 13.9. The Labute approximate surface area is 140 Å². The topological polar surface area (TPSA) is 37.4 Å². The third-order valence-electron chi connectivity index (χ3n) is 3.93. The SMILES string of the molecule is C[C@H](c1ccccc1S(=O)CC(=O)Cc1ccccc1)N(C)C. The van der Waals surface area contributed by atoms with Crippen molar-refractivity contribution < 1.29 is 9.00 Å². The first-order valence-corrected chi connectivity index (χ1v) is 9.00. The molecule has 2 aromatic rings. The van der Waals surface area contributed by atoms with Gasteiger partial charge in [0.2, 0.25) is 0 Å². The summed E-state index contributed by atoms with van der Waals surface area (Å²) in [7, 11) is 2.67. The summed E-state index contributed by atoms with van der Waals surface area (Å²) >= 11 is 0. The van der Waals surface area contributed by atoms with E-state index in [9.17, 15) is 9.00 Å².